The summed E-state index contributed by atoms with van der Waals surface area (Å²) in [4.78, 5) is 6.43. The van der Waals surface area contributed by atoms with Crippen molar-refractivity contribution in [2.45, 2.75) is 31.3 Å². The van der Waals surface area contributed by atoms with Crippen LogP contribution in [0.3, 0.4) is 0 Å². The van der Waals surface area contributed by atoms with Crippen molar-refractivity contribution in [2.75, 3.05) is 25.9 Å². The summed E-state index contributed by atoms with van der Waals surface area (Å²) >= 11 is 0. The molecule has 2 saturated heterocycles. The van der Waals surface area contributed by atoms with Gasteiger partial charge in [0, 0.05) is 44.1 Å². The molecule has 1 spiro atoms. The van der Waals surface area contributed by atoms with E-state index in [-0.39, 0.29) is 5.54 Å². The molecule has 110 valence electrons. The molecule has 0 amide bonds. The number of likely N-dealkylation sites (tertiary alicyclic amines) is 1. The molecule has 2 aliphatic rings. The first-order chi connectivity index (χ1) is 9.50. The summed E-state index contributed by atoms with van der Waals surface area (Å²) in [7, 11) is -3.04. The van der Waals surface area contributed by atoms with Crippen molar-refractivity contribution in [3.8, 4) is 0 Å². The number of aromatic nitrogens is 1. The van der Waals surface area contributed by atoms with Crippen LogP contribution in [0.25, 0.3) is 0 Å². The average Bonchev–Trinajstić information content (AvgIpc) is 2.38. The molecule has 20 heavy (non-hydrogen) atoms. The van der Waals surface area contributed by atoms with Crippen molar-refractivity contribution in [2.24, 2.45) is 0 Å². The maximum atomic E-state index is 11.8. The first-order valence-electron chi connectivity index (χ1n) is 7.09. The topological polar surface area (TPSA) is 53.5 Å². The van der Waals surface area contributed by atoms with Crippen LogP contribution in [-0.4, -0.2) is 54.0 Å². The van der Waals surface area contributed by atoms with Crippen LogP contribution in [0.2, 0.25) is 0 Å². The largest absolute Gasteiger partial charge is 0.299 e. The summed E-state index contributed by atoms with van der Waals surface area (Å²) in [6.45, 7) is 3.56. The second kappa shape index (κ2) is 5.09. The van der Waals surface area contributed by atoms with Gasteiger partial charge in [0.05, 0.1) is 6.26 Å². The number of nitrogens with zero attached hydrogens (tertiary/aromatic N) is 3. The molecule has 0 unspecified atom stereocenters. The normalized spacial score (nSPS) is 23.6. The maximum absolute atomic E-state index is 11.8. The highest BCUT2D eigenvalue weighted by Crippen LogP contribution is 2.41. The molecule has 0 atom stereocenters. The number of hydrogen-bond acceptors (Lipinski definition) is 4. The zero-order valence-corrected chi connectivity index (χ0v) is 12.6. The third-order valence-electron chi connectivity index (χ3n) is 4.65. The Morgan fingerprint density at radius 3 is 2.25 bits per heavy atom. The lowest BCUT2D eigenvalue weighted by Crippen LogP contribution is -2.65. The highest BCUT2D eigenvalue weighted by Gasteiger charge is 2.50. The van der Waals surface area contributed by atoms with Gasteiger partial charge in [-0.15, -0.1) is 0 Å². The second-order valence-electron chi connectivity index (χ2n) is 5.94. The summed E-state index contributed by atoms with van der Waals surface area (Å²) < 4.78 is 25.2. The molecule has 0 aromatic carbocycles. The van der Waals surface area contributed by atoms with E-state index in [1.54, 1.807) is 4.31 Å². The van der Waals surface area contributed by atoms with Gasteiger partial charge in [0.25, 0.3) is 0 Å². The summed E-state index contributed by atoms with van der Waals surface area (Å²) in [5.74, 6) is 0. The lowest BCUT2D eigenvalue weighted by atomic mass is 9.79. The van der Waals surface area contributed by atoms with Gasteiger partial charge in [-0.25, -0.2) is 8.42 Å². The van der Waals surface area contributed by atoms with E-state index in [1.807, 2.05) is 24.5 Å². The third-order valence-corrected chi connectivity index (χ3v) is 6.02. The fourth-order valence-corrected chi connectivity index (χ4v) is 4.81. The number of pyridine rings is 1. The summed E-state index contributed by atoms with van der Waals surface area (Å²) in [6.07, 6.45) is 7.88. The third kappa shape index (κ3) is 2.60. The minimum absolute atomic E-state index is 0.0810. The van der Waals surface area contributed by atoms with E-state index in [0.717, 1.165) is 38.9 Å². The predicted octanol–water partition coefficient (Wildman–Crippen LogP) is 1.08. The van der Waals surface area contributed by atoms with Crippen molar-refractivity contribution >= 4 is 10.0 Å². The maximum Gasteiger partial charge on any atom is 0.211 e. The molecular formula is C14H21N3O2S. The number of sulfonamides is 1. The fraction of sp³-hybridized carbons (Fsp3) is 0.643. The van der Waals surface area contributed by atoms with Crippen molar-refractivity contribution < 1.29 is 8.42 Å². The van der Waals surface area contributed by atoms with Crippen LogP contribution in [0.1, 0.15) is 24.8 Å². The number of hydrogen-bond donors (Lipinski definition) is 0. The summed E-state index contributed by atoms with van der Waals surface area (Å²) in [5, 5.41) is 0. The van der Waals surface area contributed by atoms with E-state index in [1.165, 1.54) is 11.8 Å². The van der Waals surface area contributed by atoms with Crippen molar-refractivity contribution in [3.05, 3.63) is 30.1 Å². The second-order valence-corrected chi connectivity index (χ2v) is 7.85. The Labute approximate surface area is 120 Å². The molecular weight excluding hydrogens is 274 g/mol. The molecule has 0 radical (unpaired) electrons. The van der Waals surface area contributed by atoms with Crippen LogP contribution in [0.15, 0.2) is 24.5 Å². The van der Waals surface area contributed by atoms with Gasteiger partial charge in [0.15, 0.2) is 0 Å². The molecule has 1 aromatic rings. The highest BCUT2D eigenvalue weighted by atomic mass is 32.2. The van der Waals surface area contributed by atoms with Crippen LogP contribution >= 0.6 is 0 Å². The van der Waals surface area contributed by atoms with Crippen LogP contribution in [0.4, 0.5) is 0 Å². The van der Waals surface area contributed by atoms with Crippen LogP contribution in [-0.2, 0) is 16.6 Å². The van der Waals surface area contributed by atoms with Gasteiger partial charge in [-0.05, 0) is 37.0 Å². The summed E-state index contributed by atoms with van der Waals surface area (Å²) in [6, 6.07) is 4.08. The van der Waals surface area contributed by atoms with Crippen LogP contribution in [0.5, 0.6) is 0 Å². The summed E-state index contributed by atoms with van der Waals surface area (Å²) in [5.41, 5.74) is 1.19. The van der Waals surface area contributed by atoms with E-state index in [9.17, 15) is 8.42 Å². The average molecular weight is 295 g/mol. The number of piperidine rings is 1. The van der Waals surface area contributed by atoms with E-state index in [4.69, 9.17) is 0 Å². The Kier molecular flexibility index (Phi) is 3.56. The van der Waals surface area contributed by atoms with Crippen LogP contribution < -0.4 is 0 Å². The minimum Gasteiger partial charge on any atom is -0.299 e. The molecule has 2 fully saturated rings. The van der Waals surface area contributed by atoms with E-state index in [2.05, 4.69) is 9.88 Å². The Morgan fingerprint density at radius 1 is 1.15 bits per heavy atom. The molecule has 3 rings (SSSR count). The molecule has 6 heteroatoms. The van der Waals surface area contributed by atoms with Crippen molar-refractivity contribution in [3.63, 3.8) is 0 Å². The first-order valence-corrected chi connectivity index (χ1v) is 8.94. The Balaban J connectivity index is 1.60. The van der Waals surface area contributed by atoms with E-state index in [0.29, 0.717) is 6.54 Å². The molecule has 0 N–H and O–H groups in total. The Morgan fingerprint density at radius 2 is 1.75 bits per heavy atom. The molecule has 0 bridgehead atoms. The lowest BCUT2D eigenvalue weighted by Gasteiger charge is -2.55. The zero-order chi connectivity index (χ0) is 14.2. The Bertz CT molecular complexity index is 565. The zero-order valence-electron chi connectivity index (χ0n) is 11.8. The lowest BCUT2D eigenvalue weighted by molar-refractivity contribution is 0.00298. The monoisotopic (exact) mass is 295 g/mol. The van der Waals surface area contributed by atoms with Gasteiger partial charge in [-0.3, -0.25) is 9.88 Å². The fourth-order valence-electron chi connectivity index (χ4n) is 3.41. The van der Waals surface area contributed by atoms with Gasteiger partial charge in [-0.1, -0.05) is 0 Å². The molecule has 2 aliphatic heterocycles. The van der Waals surface area contributed by atoms with Crippen molar-refractivity contribution in [1.82, 2.24) is 14.2 Å². The highest BCUT2D eigenvalue weighted by molar-refractivity contribution is 7.88. The minimum atomic E-state index is -3.04. The molecule has 5 nitrogen and oxygen atoms in total. The van der Waals surface area contributed by atoms with Gasteiger partial charge in [-0.2, -0.15) is 4.31 Å². The van der Waals surface area contributed by atoms with E-state index >= 15 is 0 Å². The molecule has 0 saturated carbocycles. The smallest absolute Gasteiger partial charge is 0.211 e. The van der Waals surface area contributed by atoms with Crippen LogP contribution in [0, 0.1) is 0 Å². The number of rotatable bonds is 3. The van der Waals surface area contributed by atoms with Gasteiger partial charge < -0.3 is 0 Å². The SMILES string of the molecule is CS(=O)(=O)N1CCC12CCN(Cc1ccncc1)CC2. The molecule has 3 heterocycles. The standard InChI is InChI=1S/C14H21N3O2S/c1-20(18,19)17-11-6-14(17)4-9-16(10-5-14)12-13-2-7-15-8-3-13/h2-3,7-8H,4-6,9-12H2,1H3. The van der Waals surface area contributed by atoms with Gasteiger partial charge in [0.2, 0.25) is 10.0 Å². The quantitative estimate of drug-likeness (QED) is 0.837. The van der Waals surface area contributed by atoms with Gasteiger partial charge in [0.1, 0.15) is 0 Å². The first kappa shape index (κ1) is 14.0. The molecule has 1 aromatic heterocycles. The Hall–Kier alpha value is -0.980. The van der Waals surface area contributed by atoms with Crippen molar-refractivity contribution in [1.29, 1.82) is 0 Å². The van der Waals surface area contributed by atoms with E-state index < -0.39 is 10.0 Å². The molecule has 0 aliphatic carbocycles. The predicted molar refractivity (Wildman–Crippen MR) is 77.6 cm³/mol. The van der Waals surface area contributed by atoms with Gasteiger partial charge >= 0.3 is 0 Å².